The smallest absolute Gasteiger partial charge is 0.352 e. The van der Waals surface area contributed by atoms with Crippen LogP contribution in [-0.4, -0.2) is 28.1 Å². The lowest BCUT2D eigenvalue weighted by molar-refractivity contribution is -0.122. The Morgan fingerprint density at radius 2 is 2.22 bits per heavy atom. The predicted molar refractivity (Wildman–Crippen MR) is 66.4 cm³/mol. The molecular formula is C13H18N2O3. The van der Waals surface area contributed by atoms with Gasteiger partial charge in [0, 0.05) is 12.7 Å². The van der Waals surface area contributed by atoms with Gasteiger partial charge in [-0.1, -0.05) is 13.3 Å². The molecule has 18 heavy (non-hydrogen) atoms. The minimum Gasteiger partial charge on any atom is -0.477 e. The highest BCUT2D eigenvalue weighted by atomic mass is 16.4. The van der Waals surface area contributed by atoms with Crippen molar-refractivity contribution in [3.63, 3.8) is 0 Å². The fraction of sp³-hybridized carbons (Fsp3) is 0.538. The van der Waals surface area contributed by atoms with E-state index in [1.807, 2.05) is 0 Å². The quantitative estimate of drug-likeness (QED) is 0.831. The third-order valence-corrected chi connectivity index (χ3v) is 3.64. The van der Waals surface area contributed by atoms with E-state index in [2.05, 4.69) is 12.2 Å². The Labute approximate surface area is 106 Å². The van der Waals surface area contributed by atoms with Crippen LogP contribution in [0.3, 0.4) is 0 Å². The number of aromatic carboxylic acids is 1. The van der Waals surface area contributed by atoms with Crippen LogP contribution in [0.4, 0.5) is 0 Å². The summed E-state index contributed by atoms with van der Waals surface area (Å²) in [5.74, 6) is -1.15. The first kappa shape index (κ1) is 12.7. The third kappa shape index (κ3) is 2.72. The van der Waals surface area contributed by atoms with Crippen LogP contribution in [0.1, 0.15) is 36.7 Å². The summed E-state index contributed by atoms with van der Waals surface area (Å²) in [5.41, 5.74) is 0.377. The average Bonchev–Trinajstić information content (AvgIpc) is 2.72. The first-order valence-corrected chi connectivity index (χ1v) is 6.15. The second-order valence-electron chi connectivity index (χ2n) is 5.27. The van der Waals surface area contributed by atoms with Crippen molar-refractivity contribution in [1.82, 2.24) is 9.88 Å². The zero-order valence-electron chi connectivity index (χ0n) is 10.5. The first-order chi connectivity index (χ1) is 8.50. The number of carboxylic acids is 1. The van der Waals surface area contributed by atoms with Gasteiger partial charge in [-0.3, -0.25) is 4.79 Å². The Bertz CT molecular complexity index is 461. The van der Waals surface area contributed by atoms with Crippen LogP contribution < -0.4 is 5.32 Å². The van der Waals surface area contributed by atoms with E-state index in [9.17, 15) is 9.59 Å². The summed E-state index contributed by atoms with van der Waals surface area (Å²) in [6, 6.07) is 3.12. The van der Waals surface area contributed by atoms with E-state index in [0.29, 0.717) is 6.54 Å². The Kier molecular flexibility index (Phi) is 3.41. The van der Waals surface area contributed by atoms with E-state index in [1.165, 1.54) is 17.1 Å². The molecule has 0 bridgehead atoms. The lowest BCUT2D eigenvalue weighted by Gasteiger charge is -2.38. The second-order valence-corrected chi connectivity index (χ2v) is 5.27. The number of aromatic nitrogens is 1. The molecule has 1 aromatic heterocycles. The fourth-order valence-electron chi connectivity index (χ4n) is 2.23. The van der Waals surface area contributed by atoms with Crippen molar-refractivity contribution in [2.75, 3.05) is 6.54 Å². The van der Waals surface area contributed by atoms with E-state index < -0.39 is 5.97 Å². The summed E-state index contributed by atoms with van der Waals surface area (Å²) in [4.78, 5) is 22.6. The number of carbonyl (C=O) groups excluding carboxylic acids is 1. The molecule has 1 heterocycles. The predicted octanol–water partition coefficient (Wildman–Crippen LogP) is 1.49. The van der Waals surface area contributed by atoms with Crippen LogP contribution in [0, 0.1) is 5.41 Å². The van der Waals surface area contributed by atoms with Gasteiger partial charge in [0.05, 0.1) is 0 Å². The third-order valence-electron chi connectivity index (χ3n) is 3.64. The van der Waals surface area contributed by atoms with Crippen molar-refractivity contribution in [3.05, 3.63) is 24.0 Å². The Balaban J connectivity index is 1.87. The van der Waals surface area contributed by atoms with Gasteiger partial charge in [0.15, 0.2) is 0 Å². The maximum Gasteiger partial charge on any atom is 0.352 e. The minimum atomic E-state index is -1.02. The van der Waals surface area contributed by atoms with Gasteiger partial charge in [0.2, 0.25) is 5.91 Å². The van der Waals surface area contributed by atoms with E-state index in [4.69, 9.17) is 5.11 Å². The molecule has 1 fully saturated rings. The standard InChI is InChI=1S/C13H18N2O3/c1-13(5-3-6-13)9-14-11(16)8-15-7-2-4-10(15)12(17)18/h2,4,7H,3,5-6,8-9H2,1H3,(H,14,16)(H,17,18). The van der Waals surface area contributed by atoms with Gasteiger partial charge in [0.1, 0.15) is 12.2 Å². The Hall–Kier alpha value is -1.78. The topological polar surface area (TPSA) is 71.3 Å². The molecule has 0 radical (unpaired) electrons. The number of nitrogens with zero attached hydrogens (tertiary/aromatic N) is 1. The fourth-order valence-corrected chi connectivity index (χ4v) is 2.23. The van der Waals surface area contributed by atoms with Crippen molar-refractivity contribution in [2.45, 2.75) is 32.7 Å². The normalized spacial score (nSPS) is 16.9. The van der Waals surface area contributed by atoms with Gasteiger partial charge < -0.3 is 15.0 Å². The van der Waals surface area contributed by atoms with Gasteiger partial charge in [-0.25, -0.2) is 4.79 Å². The van der Waals surface area contributed by atoms with Gasteiger partial charge in [-0.15, -0.1) is 0 Å². The number of hydrogen-bond donors (Lipinski definition) is 2. The van der Waals surface area contributed by atoms with Gasteiger partial charge in [0.25, 0.3) is 0 Å². The number of carbonyl (C=O) groups is 2. The molecule has 5 nitrogen and oxygen atoms in total. The second kappa shape index (κ2) is 4.84. The highest BCUT2D eigenvalue weighted by Crippen LogP contribution is 2.39. The van der Waals surface area contributed by atoms with Crippen LogP contribution in [0.25, 0.3) is 0 Å². The molecule has 1 aliphatic rings. The summed E-state index contributed by atoms with van der Waals surface area (Å²) in [6.45, 7) is 2.90. The molecule has 0 atom stereocenters. The van der Waals surface area contributed by atoms with Gasteiger partial charge in [-0.2, -0.15) is 0 Å². The summed E-state index contributed by atoms with van der Waals surface area (Å²) in [6.07, 6.45) is 5.13. The highest BCUT2D eigenvalue weighted by molar-refractivity contribution is 5.86. The maximum absolute atomic E-state index is 11.7. The molecular weight excluding hydrogens is 232 g/mol. The highest BCUT2D eigenvalue weighted by Gasteiger charge is 2.31. The molecule has 0 saturated heterocycles. The lowest BCUT2D eigenvalue weighted by atomic mass is 9.70. The first-order valence-electron chi connectivity index (χ1n) is 6.15. The van der Waals surface area contributed by atoms with E-state index >= 15 is 0 Å². The van der Waals surface area contributed by atoms with E-state index in [0.717, 1.165) is 12.8 Å². The maximum atomic E-state index is 11.7. The molecule has 1 saturated carbocycles. The van der Waals surface area contributed by atoms with Gasteiger partial charge in [-0.05, 0) is 30.4 Å². The zero-order chi connectivity index (χ0) is 13.2. The van der Waals surface area contributed by atoms with Crippen LogP contribution in [0.5, 0.6) is 0 Å². The molecule has 2 rings (SSSR count). The van der Waals surface area contributed by atoms with Crippen molar-refractivity contribution >= 4 is 11.9 Å². The number of amides is 1. The monoisotopic (exact) mass is 250 g/mol. The summed E-state index contributed by atoms with van der Waals surface area (Å²) < 4.78 is 1.45. The number of nitrogens with one attached hydrogen (secondary N) is 1. The van der Waals surface area contributed by atoms with E-state index in [-0.39, 0.29) is 23.6 Å². The number of carboxylic acid groups (broad SMARTS) is 1. The Morgan fingerprint density at radius 3 is 2.78 bits per heavy atom. The average molecular weight is 250 g/mol. The van der Waals surface area contributed by atoms with Crippen LogP contribution >= 0.6 is 0 Å². The largest absolute Gasteiger partial charge is 0.477 e. The van der Waals surface area contributed by atoms with Crippen LogP contribution in [0.15, 0.2) is 18.3 Å². The van der Waals surface area contributed by atoms with Crippen molar-refractivity contribution in [1.29, 1.82) is 0 Å². The van der Waals surface area contributed by atoms with Gasteiger partial charge >= 0.3 is 5.97 Å². The van der Waals surface area contributed by atoms with Crippen molar-refractivity contribution in [3.8, 4) is 0 Å². The molecule has 0 aliphatic heterocycles. The SMILES string of the molecule is CC1(CNC(=O)Cn2cccc2C(=O)O)CCC1. The molecule has 98 valence electrons. The van der Waals surface area contributed by atoms with Crippen molar-refractivity contribution in [2.24, 2.45) is 5.41 Å². The summed E-state index contributed by atoms with van der Waals surface area (Å²) in [5, 5.41) is 11.8. The molecule has 1 aliphatic carbocycles. The molecule has 2 N–H and O–H groups in total. The number of rotatable bonds is 5. The summed E-state index contributed by atoms with van der Waals surface area (Å²) >= 11 is 0. The Morgan fingerprint density at radius 1 is 1.50 bits per heavy atom. The van der Waals surface area contributed by atoms with Crippen LogP contribution in [-0.2, 0) is 11.3 Å². The minimum absolute atomic E-state index is 0.0602. The molecule has 1 aromatic rings. The zero-order valence-corrected chi connectivity index (χ0v) is 10.5. The summed E-state index contributed by atoms with van der Waals surface area (Å²) in [7, 11) is 0. The molecule has 0 spiro atoms. The van der Waals surface area contributed by atoms with Crippen LogP contribution in [0.2, 0.25) is 0 Å². The van der Waals surface area contributed by atoms with E-state index in [1.54, 1.807) is 12.3 Å². The molecule has 0 unspecified atom stereocenters. The molecule has 0 aromatic carbocycles. The number of hydrogen-bond acceptors (Lipinski definition) is 2. The van der Waals surface area contributed by atoms with Crippen molar-refractivity contribution < 1.29 is 14.7 Å². The molecule has 5 heteroatoms. The lowest BCUT2D eigenvalue weighted by Crippen LogP contribution is -2.41. The molecule has 1 amide bonds.